The van der Waals surface area contributed by atoms with Gasteiger partial charge in [0.1, 0.15) is 17.4 Å². The van der Waals surface area contributed by atoms with Crippen LogP contribution in [0.2, 0.25) is 10.0 Å². The van der Waals surface area contributed by atoms with Gasteiger partial charge in [0.15, 0.2) is 0 Å². The van der Waals surface area contributed by atoms with Crippen molar-refractivity contribution in [1.29, 1.82) is 0 Å². The standard InChI is InChI=1S/C12H15Cl2NO/c13-10-5-3-6-11(12(10)14)16-8-9-4-1-2-7-15-9/h3,5-6,9,15H,1-2,4,7-8H2. The van der Waals surface area contributed by atoms with Crippen LogP contribution in [-0.4, -0.2) is 19.2 Å². The van der Waals surface area contributed by atoms with Gasteiger partial charge >= 0.3 is 0 Å². The monoisotopic (exact) mass is 259 g/mol. The third kappa shape index (κ3) is 3.03. The Labute approximate surface area is 106 Å². The van der Waals surface area contributed by atoms with Gasteiger partial charge in [0.25, 0.3) is 0 Å². The second-order valence-electron chi connectivity index (χ2n) is 4.01. The smallest absolute Gasteiger partial charge is 0.139 e. The molecule has 88 valence electrons. The van der Waals surface area contributed by atoms with E-state index >= 15 is 0 Å². The lowest BCUT2D eigenvalue weighted by molar-refractivity contribution is 0.239. The van der Waals surface area contributed by atoms with E-state index in [-0.39, 0.29) is 0 Å². The van der Waals surface area contributed by atoms with Crippen molar-refractivity contribution in [3.8, 4) is 5.75 Å². The lowest BCUT2D eigenvalue weighted by Gasteiger charge is -2.23. The first kappa shape index (κ1) is 12.0. The van der Waals surface area contributed by atoms with Crippen molar-refractivity contribution >= 4 is 23.2 Å². The van der Waals surface area contributed by atoms with Crippen LogP contribution in [0.4, 0.5) is 0 Å². The number of nitrogens with one attached hydrogen (secondary N) is 1. The Morgan fingerprint density at radius 3 is 2.94 bits per heavy atom. The summed E-state index contributed by atoms with van der Waals surface area (Å²) in [4.78, 5) is 0. The molecule has 0 aromatic heterocycles. The third-order valence-corrected chi connectivity index (χ3v) is 3.57. The van der Waals surface area contributed by atoms with Crippen molar-refractivity contribution in [3.05, 3.63) is 28.2 Å². The zero-order valence-corrected chi connectivity index (χ0v) is 10.5. The number of hydrogen-bond acceptors (Lipinski definition) is 2. The van der Waals surface area contributed by atoms with Crippen LogP contribution < -0.4 is 10.1 Å². The van der Waals surface area contributed by atoms with Crippen molar-refractivity contribution in [1.82, 2.24) is 5.32 Å². The summed E-state index contributed by atoms with van der Waals surface area (Å²) in [5.74, 6) is 0.668. The molecule has 1 atom stereocenters. The average Bonchev–Trinajstić information content (AvgIpc) is 2.32. The Morgan fingerprint density at radius 1 is 1.31 bits per heavy atom. The molecule has 0 saturated carbocycles. The molecule has 1 aliphatic heterocycles. The largest absolute Gasteiger partial charge is 0.490 e. The molecule has 1 aromatic rings. The molecular weight excluding hydrogens is 245 g/mol. The summed E-state index contributed by atoms with van der Waals surface area (Å²) in [6.07, 6.45) is 3.69. The lowest BCUT2D eigenvalue weighted by Crippen LogP contribution is -2.38. The highest BCUT2D eigenvalue weighted by molar-refractivity contribution is 6.42. The highest BCUT2D eigenvalue weighted by Gasteiger charge is 2.14. The van der Waals surface area contributed by atoms with Crippen LogP contribution in [0.1, 0.15) is 19.3 Å². The Bertz CT molecular complexity index is 351. The fourth-order valence-corrected chi connectivity index (χ4v) is 2.20. The Morgan fingerprint density at radius 2 is 2.19 bits per heavy atom. The van der Waals surface area contributed by atoms with Gasteiger partial charge in [0, 0.05) is 6.04 Å². The van der Waals surface area contributed by atoms with E-state index in [1.165, 1.54) is 12.8 Å². The Balaban J connectivity index is 1.91. The molecule has 4 heteroatoms. The Kier molecular flexibility index (Phi) is 4.33. The fourth-order valence-electron chi connectivity index (χ4n) is 1.85. The number of ether oxygens (including phenoxy) is 1. The van der Waals surface area contributed by atoms with Crippen molar-refractivity contribution in [2.24, 2.45) is 0 Å². The molecule has 2 nitrogen and oxygen atoms in total. The molecule has 2 rings (SSSR count). The normalized spacial score (nSPS) is 20.8. The van der Waals surface area contributed by atoms with Crippen LogP contribution in [0.3, 0.4) is 0 Å². The van der Waals surface area contributed by atoms with Crippen LogP contribution in [-0.2, 0) is 0 Å². The van der Waals surface area contributed by atoms with Crippen LogP contribution >= 0.6 is 23.2 Å². The maximum Gasteiger partial charge on any atom is 0.139 e. The molecule has 1 aliphatic rings. The predicted octanol–water partition coefficient (Wildman–Crippen LogP) is 3.51. The van der Waals surface area contributed by atoms with Crippen LogP contribution in [0.15, 0.2) is 18.2 Å². The van der Waals surface area contributed by atoms with Gasteiger partial charge in [0.2, 0.25) is 0 Å². The zero-order valence-electron chi connectivity index (χ0n) is 9.01. The zero-order chi connectivity index (χ0) is 11.4. The van der Waals surface area contributed by atoms with Gasteiger partial charge in [-0.3, -0.25) is 0 Å². The van der Waals surface area contributed by atoms with Crippen molar-refractivity contribution in [2.45, 2.75) is 25.3 Å². The number of piperidine rings is 1. The van der Waals surface area contributed by atoms with E-state index in [0.29, 0.717) is 28.4 Å². The van der Waals surface area contributed by atoms with Crippen molar-refractivity contribution in [3.63, 3.8) is 0 Å². The molecule has 0 radical (unpaired) electrons. The molecule has 1 fully saturated rings. The summed E-state index contributed by atoms with van der Waals surface area (Å²) >= 11 is 11.9. The highest BCUT2D eigenvalue weighted by atomic mass is 35.5. The first-order valence-corrected chi connectivity index (χ1v) is 6.33. The first-order valence-electron chi connectivity index (χ1n) is 5.57. The molecule has 0 amide bonds. The summed E-state index contributed by atoms with van der Waals surface area (Å²) < 4.78 is 5.68. The van der Waals surface area contributed by atoms with Gasteiger partial charge in [-0.25, -0.2) is 0 Å². The molecule has 0 spiro atoms. The van der Waals surface area contributed by atoms with E-state index in [1.807, 2.05) is 12.1 Å². The summed E-state index contributed by atoms with van der Waals surface area (Å²) in [5.41, 5.74) is 0. The summed E-state index contributed by atoms with van der Waals surface area (Å²) in [7, 11) is 0. The van der Waals surface area contributed by atoms with Crippen LogP contribution in [0.5, 0.6) is 5.75 Å². The van der Waals surface area contributed by atoms with Gasteiger partial charge in [-0.05, 0) is 31.5 Å². The minimum atomic E-state index is 0.434. The topological polar surface area (TPSA) is 21.3 Å². The van der Waals surface area contributed by atoms with Gasteiger partial charge in [-0.1, -0.05) is 35.7 Å². The van der Waals surface area contributed by atoms with Gasteiger partial charge in [0.05, 0.1) is 5.02 Å². The van der Waals surface area contributed by atoms with E-state index in [1.54, 1.807) is 6.07 Å². The minimum Gasteiger partial charge on any atom is -0.490 e. The second kappa shape index (κ2) is 5.76. The quantitative estimate of drug-likeness (QED) is 0.897. The molecule has 0 aliphatic carbocycles. The van der Waals surface area contributed by atoms with Gasteiger partial charge in [-0.2, -0.15) is 0 Å². The van der Waals surface area contributed by atoms with Gasteiger partial charge in [-0.15, -0.1) is 0 Å². The van der Waals surface area contributed by atoms with E-state index in [9.17, 15) is 0 Å². The molecule has 0 bridgehead atoms. The predicted molar refractivity (Wildman–Crippen MR) is 67.6 cm³/mol. The van der Waals surface area contributed by atoms with E-state index < -0.39 is 0 Å². The third-order valence-electron chi connectivity index (χ3n) is 2.77. The molecule has 1 saturated heterocycles. The average molecular weight is 260 g/mol. The molecule has 1 heterocycles. The molecular formula is C12H15Cl2NO. The highest BCUT2D eigenvalue weighted by Crippen LogP contribution is 2.31. The molecule has 1 unspecified atom stereocenters. The number of rotatable bonds is 3. The first-order chi connectivity index (χ1) is 7.77. The number of benzene rings is 1. The SMILES string of the molecule is Clc1cccc(OCC2CCCCN2)c1Cl. The van der Waals surface area contributed by atoms with Crippen molar-refractivity contribution < 1.29 is 4.74 Å². The lowest BCUT2D eigenvalue weighted by atomic mass is 10.1. The number of hydrogen-bond donors (Lipinski definition) is 1. The van der Waals surface area contributed by atoms with Gasteiger partial charge < -0.3 is 10.1 Å². The summed E-state index contributed by atoms with van der Waals surface area (Å²) in [6, 6.07) is 5.88. The second-order valence-corrected chi connectivity index (χ2v) is 4.79. The summed E-state index contributed by atoms with van der Waals surface area (Å²) in [5, 5.41) is 4.46. The van der Waals surface area contributed by atoms with Crippen molar-refractivity contribution in [2.75, 3.05) is 13.2 Å². The Hall–Kier alpha value is -0.440. The molecule has 1 aromatic carbocycles. The number of halogens is 2. The maximum atomic E-state index is 6.03. The van der Waals surface area contributed by atoms with E-state index in [4.69, 9.17) is 27.9 Å². The molecule has 16 heavy (non-hydrogen) atoms. The maximum absolute atomic E-state index is 6.03. The van der Waals surface area contributed by atoms with Crippen LogP contribution in [0.25, 0.3) is 0 Å². The molecule has 1 N–H and O–H groups in total. The fraction of sp³-hybridized carbons (Fsp3) is 0.500. The van der Waals surface area contributed by atoms with Crippen LogP contribution in [0, 0.1) is 0 Å². The van der Waals surface area contributed by atoms with E-state index in [2.05, 4.69) is 5.32 Å². The minimum absolute atomic E-state index is 0.434. The van der Waals surface area contributed by atoms with E-state index in [0.717, 1.165) is 13.0 Å². The summed E-state index contributed by atoms with van der Waals surface area (Å²) in [6.45, 7) is 1.73.